The number of fused-ring (bicyclic) bond motifs is 1. The van der Waals surface area contributed by atoms with Crippen molar-refractivity contribution in [2.75, 3.05) is 37.6 Å². The molecule has 3 aromatic rings. The SMILES string of the molecule is c1csc(CCN2CCN(c3ncnc4nc[nH]c34)CC2)c1. The highest BCUT2D eigenvalue weighted by molar-refractivity contribution is 7.09. The second-order valence-electron chi connectivity index (χ2n) is 5.46. The van der Waals surface area contributed by atoms with Gasteiger partial charge in [-0.15, -0.1) is 11.3 Å². The largest absolute Gasteiger partial charge is 0.352 e. The van der Waals surface area contributed by atoms with Gasteiger partial charge in [0.1, 0.15) is 11.8 Å². The van der Waals surface area contributed by atoms with E-state index < -0.39 is 0 Å². The summed E-state index contributed by atoms with van der Waals surface area (Å²) in [6, 6.07) is 4.35. The van der Waals surface area contributed by atoms with Gasteiger partial charge in [0.25, 0.3) is 0 Å². The molecular formula is C15H18N6S. The molecule has 0 bridgehead atoms. The summed E-state index contributed by atoms with van der Waals surface area (Å²) in [6.45, 7) is 5.28. The Morgan fingerprint density at radius 3 is 2.86 bits per heavy atom. The van der Waals surface area contributed by atoms with Crippen molar-refractivity contribution in [3.63, 3.8) is 0 Å². The summed E-state index contributed by atoms with van der Waals surface area (Å²) in [4.78, 5) is 22.3. The number of nitrogens with one attached hydrogen (secondary N) is 1. The quantitative estimate of drug-likeness (QED) is 0.795. The minimum Gasteiger partial charge on any atom is -0.352 e. The molecule has 0 unspecified atom stereocenters. The van der Waals surface area contributed by atoms with E-state index in [2.05, 4.69) is 47.2 Å². The lowest BCUT2D eigenvalue weighted by atomic mass is 10.2. The van der Waals surface area contributed by atoms with Crippen molar-refractivity contribution in [3.8, 4) is 0 Å². The van der Waals surface area contributed by atoms with Gasteiger partial charge in [-0.05, 0) is 17.9 Å². The van der Waals surface area contributed by atoms with E-state index in [1.54, 1.807) is 12.7 Å². The topological polar surface area (TPSA) is 60.9 Å². The van der Waals surface area contributed by atoms with Gasteiger partial charge in [0, 0.05) is 37.6 Å². The summed E-state index contributed by atoms with van der Waals surface area (Å²) in [7, 11) is 0. The van der Waals surface area contributed by atoms with Crippen LogP contribution in [0.5, 0.6) is 0 Å². The van der Waals surface area contributed by atoms with Gasteiger partial charge in [0.2, 0.25) is 0 Å². The molecular weight excluding hydrogens is 296 g/mol. The standard InChI is InChI=1S/C15H18N6S/c1-2-12(22-9-1)3-4-20-5-7-21(8-6-20)15-13-14(17-10-16-13)18-11-19-15/h1-2,9-11H,3-8H2,(H,16,17,18,19). The van der Waals surface area contributed by atoms with E-state index in [1.165, 1.54) is 4.88 Å². The molecule has 0 saturated carbocycles. The molecule has 1 aliphatic rings. The zero-order chi connectivity index (χ0) is 14.8. The molecule has 0 radical (unpaired) electrons. The van der Waals surface area contributed by atoms with Crippen molar-refractivity contribution in [1.82, 2.24) is 24.8 Å². The van der Waals surface area contributed by atoms with Crippen LogP contribution in [0.1, 0.15) is 4.88 Å². The predicted molar refractivity (Wildman–Crippen MR) is 88.4 cm³/mol. The number of aromatic amines is 1. The molecule has 22 heavy (non-hydrogen) atoms. The number of hydrogen-bond donors (Lipinski definition) is 1. The first-order valence-corrected chi connectivity index (χ1v) is 8.42. The smallest absolute Gasteiger partial charge is 0.182 e. The number of thiophene rings is 1. The van der Waals surface area contributed by atoms with Gasteiger partial charge >= 0.3 is 0 Å². The molecule has 0 aromatic carbocycles. The molecule has 0 atom stereocenters. The van der Waals surface area contributed by atoms with Crippen LogP contribution in [0, 0.1) is 0 Å². The molecule has 114 valence electrons. The molecule has 1 saturated heterocycles. The minimum absolute atomic E-state index is 0.741. The van der Waals surface area contributed by atoms with Gasteiger partial charge in [-0.3, -0.25) is 4.90 Å². The average molecular weight is 314 g/mol. The lowest BCUT2D eigenvalue weighted by Crippen LogP contribution is -2.47. The van der Waals surface area contributed by atoms with Gasteiger partial charge in [0.05, 0.1) is 6.33 Å². The Kier molecular flexibility index (Phi) is 3.74. The van der Waals surface area contributed by atoms with E-state index in [0.717, 1.165) is 56.1 Å². The zero-order valence-corrected chi connectivity index (χ0v) is 13.1. The zero-order valence-electron chi connectivity index (χ0n) is 12.3. The fourth-order valence-corrected chi connectivity index (χ4v) is 3.60. The summed E-state index contributed by atoms with van der Waals surface area (Å²) in [6.07, 6.45) is 4.43. The number of hydrogen-bond acceptors (Lipinski definition) is 6. The molecule has 1 fully saturated rings. The summed E-state index contributed by atoms with van der Waals surface area (Å²) in [5, 5.41) is 2.15. The second-order valence-corrected chi connectivity index (χ2v) is 6.49. The maximum absolute atomic E-state index is 4.44. The van der Waals surface area contributed by atoms with Gasteiger partial charge in [-0.2, -0.15) is 0 Å². The molecule has 1 aliphatic heterocycles. The monoisotopic (exact) mass is 314 g/mol. The Balaban J connectivity index is 1.38. The number of nitrogens with zero attached hydrogens (tertiary/aromatic N) is 5. The van der Waals surface area contributed by atoms with Gasteiger partial charge in [-0.25, -0.2) is 15.0 Å². The molecule has 3 aromatic heterocycles. The summed E-state index contributed by atoms with van der Waals surface area (Å²) < 4.78 is 0. The number of aromatic nitrogens is 4. The van der Waals surface area contributed by atoms with E-state index in [-0.39, 0.29) is 0 Å². The van der Waals surface area contributed by atoms with E-state index in [1.807, 2.05) is 11.3 Å². The minimum atomic E-state index is 0.741. The highest BCUT2D eigenvalue weighted by Crippen LogP contribution is 2.21. The van der Waals surface area contributed by atoms with Crippen molar-refractivity contribution < 1.29 is 0 Å². The lowest BCUT2D eigenvalue weighted by Gasteiger charge is -2.35. The van der Waals surface area contributed by atoms with Crippen molar-refractivity contribution in [1.29, 1.82) is 0 Å². The fourth-order valence-electron chi connectivity index (χ4n) is 2.90. The van der Waals surface area contributed by atoms with Gasteiger partial charge in [-0.1, -0.05) is 6.07 Å². The predicted octanol–water partition coefficient (Wildman–Crippen LogP) is 1.78. The normalized spacial score (nSPS) is 16.5. The maximum Gasteiger partial charge on any atom is 0.182 e. The summed E-state index contributed by atoms with van der Waals surface area (Å²) in [5.41, 5.74) is 1.68. The number of imidazole rings is 1. The van der Waals surface area contributed by atoms with Crippen molar-refractivity contribution in [2.24, 2.45) is 0 Å². The van der Waals surface area contributed by atoms with Crippen LogP contribution in [0.15, 0.2) is 30.2 Å². The molecule has 4 rings (SSSR count). The Hall–Kier alpha value is -1.99. The van der Waals surface area contributed by atoms with Crippen molar-refractivity contribution >= 4 is 28.3 Å². The molecule has 1 N–H and O–H groups in total. The second kappa shape index (κ2) is 6.02. The van der Waals surface area contributed by atoms with Crippen LogP contribution in [-0.2, 0) is 6.42 Å². The molecule has 7 heteroatoms. The third kappa shape index (κ3) is 2.69. The highest BCUT2D eigenvalue weighted by Gasteiger charge is 2.20. The van der Waals surface area contributed by atoms with Crippen LogP contribution in [0.3, 0.4) is 0 Å². The number of H-pyrrole nitrogens is 1. The van der Waals surface area contributed by atoms with E-state index >= 15 is 0 Å². The average Bonchev–Trinajstić information content (AvgIpc) is 3.24. The fraction of sp³-hybridized carbons (Fsp3) is 0.400. The first-order valence-electron chi connectivity index (χ1n) is 7.54. The van der Waals surface area contributed by atoms with Gasteiger partial charge < -0.3 is 9.88 Å². The van der Waals surface area contributed by atoms with Crippen LogP contribution >= 0.6 is 11.3 Å². The number of rotatable bonds is 4. The first kappa shape index (κ1) is 13.7. The summed E-state index contributed by atoms with van der Waals surface area (Å²) in [5.74, 6) is 0.973. The Morgan fingerprint density at radius 2 is 2.05 bits per heavy atom. The molecule has 0 aliphatic carbocycles. The summed E-state index contributed by atoms with van der Waals surface area (Å²) >= 11 is 1.85. The third-order valence-electron chi connectivity index (χ3n) is 4.13. The van der Waals surface area contributed by atoms with Gasteiger partial charge in [0.15, 0.2) is 11.5 Å². The lowest BCUT2D eigenvalue weighted by molar-refractivity contribution is 0.261. The van der Waals surface area contributed by atoms with E-state index in [0.29, 0.717) is 0 Å². The van der Waals surface area contributed by atoms with Crippen LogP contribution in [0.2, 0.25) is 0 Å². The van der Waals surface area contributed by atoms with Crippen LogP contribution in [-0.4, -0.2) is 57.6 Å². The van der Waals surface area contributed by atoms with E-state index in [4.69, 9.17) is 0 Å². The van der Waals surface area contributed by atoms with Crippen LogP contribution < -0.4 is 4.90 Å². The van der Waals surface area contributed by atoms with E-state index in [9.17, 15) is 0 Å². The number of anilines is 1. The first-order chi connectivity index (χ1) is 10.9. The Labute approximate surface area is 132 Å². The maximum atomic E-state index is 4.44. The third-order valence-corrected chi connectivity index (χ3v) is 5.07. The molecule has 0 spiro atoms. The highest BCUT2D eigenvalue weighted by atomic mass is 32.1. The van der Waals surface area contributed by atoms with Crippen molar-refractivity contribution in [3.05, 3.63) is 35.0 Å². The van der Waals surface area contributed by atoms with Crippen LogP contribution in [0.25, 0.3) is 11.2 Å². The molecule has 0 amide bonds. The Bertz CT molecular complexity index is 729. The molecule has 4 heterocycles. The number of piperazine rings is 1. The van der Waals surface area contributed by atoms with Crippen LogP contribution in [0.4, 0.5) is 5.82 Å². The molecule has 6 nitrogen and oxygen atoms in total. The Morgan fingerprint density at radius 1 is 1.14 bits per heavy atom. The van der Waals surface area contributed by atoms with Crippen molar-refractivity contribution in [2.45, 2.75) is 6.42 Å².